The standard InChI is InChI=1S/C17H28N2O/c1-12(2)9-14(11-18)10-17(20)19-16-7-5-15(6-8-16)13(3)4/h5-8,12-14H,9-11,18H2,1-4H3,(H,19,20). The molecule has 0 aliphatic heterocycles. The minimum atomic E-state index is 0.0541. The third kappa shape index (κ3) is 5.74. The van der Waals surface area contributed by atoms with Gasteiger partial charge in [-0.15, -0.1) is 0 Å². The normalized spacial score (nSPS) is 12.8. The highest BCUT2D eigenvalue weighted by Crippen LogP contribution is 2.19. The molecular weight excluding hydrogens is 248 g/mol. The molecule has 1 aromatic rings. The second-order valence-electron chi connectivity index (χ2n) is 6.26. The number of amides is 1. The summed E-state index contributed by atoms with van der Waals surface area (Å²) >= 11 is 0. The Labute approximate surface area is 122 Å². The van der Waals surface area contributed by atoms with Gasteiger partial charge in [-0.25, -0.2) is 0 Å². The highest BCUT2D eigenvalue weighted by molar-refractivity contribution is 5.90. The van der Waals surface area contributed by atoms with Gasteiger partial charge in [-0.1, -0.05) is 39.8 Å². The van der Waals surface area contributed by atoms with E-state index in [0.717, 1.165) is 12.1 Å². The van der Waals surface area contributed by atoms with Crippen LogP contribution in [0.25, 0.3) is 0 Å². The lowest BCUT2D eigenvalue weighted by Gasteiger charge is -2.16. The van der Waals surface area contributed by atoms with E-state index in [4.69, 9.17) is 5.73 Å². The van der Waals surface area contributed by atoms with Gasteiger partial charge in [0.1, 0.15) is 0 Å². The van der Waals surface area contributed by atoms with Crippen LogP contribution in [0.2, 0.25) is 0 Å². The Morgan fingerprint density at radius 1 is 1.15 bits per heavy atom. The van der Waals surface area contributed by atoms with Crippen LogP contribution in [0, 0.1) is 11.8 Å². The van der Waals surface area contributed by atoms with Gasteiger partial charge in [-0.2, -0.15) is 0 Å². The Bertz CT molecular complexity index is 410. The zero-order valence-electron chi connectivity index (χ0n) is 13.1. The number of rotatable bonds is 7. The van der Waals surface area contributed by atoms with Crippen molar-refractivity contribution in [3.63, 3.8) is 0 Å². The number of carbonyl (C=O) groups is 1. The lowest BCUT2D eigenvalue weighted by atomic mass is 9.94. The summed E-state index contributed by atoms with van der Waals surface area (Å²) in [5.74, 6) is 1.40. The number of hydrogen-bond donors (Lipinski definition) is 2. The summed E-state index contributed by atoms with van der Waals surface area (Å²) in [6, 6.07) is 8.06. The number of carbonyl (C=O) groups excluding carboxylic acids is 1. The minimum absolute atomic E-state index is 0.0541. The van der Waals surface area contributed by atoms with E-state index < -0.39 is 0 Å². The molecular formula is C17H28N2O. The topological polar surface area (TPSA) is 55.1 Å². The smallest absolute Gasteiger partial charge is 0.224 e. The van der Waals surface area contributed by atoms with Gasteiger partial charge in [0.15, 0.2) is 0 Å². The maximum absolute atomic E-state index is 12.0. The Kier molecular flexibility index (Phi) is 6.73. The molecule has 112 valence electrons. The molecule has 3 nitrogen and oxygen atoms in total. The monoisotopic (exact) mass is 276 g/mol. The average Bonchev–Trinajstić information content (AvgIpc) is 2.37. The van der Waals surface area contributed by atoms with Crippen molar-refractivity contribution in [1.29, 1.82) is 0 Å². The molecule has 0 aliphatic carbocycles. The third-order valence-electron chi connectivity index (χ3n) is 3.47. The van der Waals surface area contributed by atoms with Crippen LogP contribution in [-0.2, 0) is 4.79 Å². The fraction of sp³-hybridized carbons (Fsp3) is 0.588. The van der Waals surface area contributed by atoms with Crippen molar-refractivity contribution in [2.24, 2.45) is 17.6 Å². The van der Waals surface area contributed by atoms with E-state index in [1.807, 2.05) is 12.1 Å². The van der Waals surface area contributed by atoms with Crippen molar-refractivity contribution in [2.75, 3.05) is 11.9 Å². The maximum atomic E-state index is 12.0. The Morgan fingerprint density at radius 3 is 2.20 bits per heavy atom. The van der Waals surface area contributed by atoms with Crippen LogP contribution >= 0.6 is 0 Å². The number of nitrogens with two attached hydrogens (primary N) is 1. The molecule has 20 heavy (non-hydrogen) atoms. The van der Waals surface area contributed by atoms with E-state index in [1.54, 1.807) is 0 Å². The summed E-state index contributed by atoms with van der Waals surface area (Å²) < 4.78 is 0. The molecule has 1 unspecified atom stereocenters. The van der Waals surface area contributed by atoms with Gasteiger partial charge in [0, 0.05) is 12.1 Å². The summed E-state index contributed by atoms with van der Waals surface area (Å²) in [6.45, 7) is 9.20. The quantitative estimate of drug-likeness (QED) is 0.796. The molecule has 0 spiro atoms. The van der Waals surface area contributed by atoms with Crippen molar-refractivity contribution >= 4 is 11.6 Å². The van der Waals surface area contributed by atoms with Crippen molar-refractivity contribution in [2.45, 2.75) is 46.5 Å². The van der Waals surface area contributed by atoms with Gasteiger partial charge in [0.2, 0.25) is 5.91 Å². The van der Waals surface area contributed by atoms with Gasteiger partial charge in [0.25, 0.3) is 0 Å². The van der Waals surface area contributed by atoms with Crippen LogP contribution in [0.3, 0.4) is 0 Å². The van der Waals surface area contributed by atoms with Crippen molar-refractivity contribution in [3.8, 4) is 0 Å². The Balaban J connectivity index is 2.52. The van der Waals surface area contributed by atoms with Gasteiger partial charge in [-0.05, 0) is 48.4 Å². The summed E-state index contributed by atoms with van der Waals surface area (Å²) in [5.41, 5.74) is 7.88. The van der Waals surface area contributed by atoms with Crippen molar-refractivity contribution < 1.29 is 4.79 Å². The summed E-state index contributed by atoms with van der Waals surface area (Å²) in [7, 11) is 0. The summed E-state index contributed by atoms with van der Waals surface area (Å²) in [5, 5.41) is 2.95. The highest BCUT2D eigenvalue weighted by atomic mass is 16.1. The molecule has 0 heterocycles. The molecule has 1 rings (SSSR count). The van der Waals surface area contributed by atoms with Gasteiger partial charge in [0.05, 0.1) is 0 Å². The van der Waals surface area contributed by atoms with Crippen molar-refractivity contribution in [1.82, 2.24) is 0 Å². The van der Waals surface area contributed by atoms with E-state index in [9.17, 15) is 4.79 Å². The lowest BCUT2D eigenvalue weighted by molar-refractivity contribution is -0.117. The SMILES string of the molecule is CC(C)CC(CN)CC(=O)Nc1ccc(C(C)C)cc1. The molecule has 0 aliphatic rings. The van der Waals surface area contributed by atoms with E-state index in [0.29, 0.717) is 24.8 Å². The first kappa shape index (κ1) is 16.7. The molecule has 3 heteroatoms. The van der Waals surface area contributed by atoms with Gasteiger partial charge in [-0.3, -0.25) is 4.79 Å². The molecule has 0 radical (unpaired) electrons. The summed E-state index contributed by atoms with van der Waals surface area (Å²) in [4.78, 5) is 12.0. The van der Waals surface area contributed by atoms with Crippen molar-refractivity contribution in [3.05, 3.63) is 29.8 Å². The third-order valence-corrected chi connectivity index (χ3v) is 3.47. The Morgan fingerprint density at radius 2 is 1.75 bits per heavy atom. The van der Waals surface area contributed by atoms with E-state index in [2.05, 4.69) is 45.1 Å². The maximum Gasteiger partial charge on any atom is 0.224 e. The largest absolute Gasteiger partial charge is 0.330 e. The molecule has 1 amide bonds. The average molecular weight is 276 g/mol. The number of benzene rings is 1. The van der Waals surface area contributed by atoms with Gasteiger partial charge >= 0.3 is 0 Å². The van der Waals surface area contributed by atoms with Crippen LogP contribution in [-0.4, -0.2) is 12.5 Å². The fourth-order valence-electron chi connectivity index (χ4n) is 2.36. The van der Waals surface area contributed by atoms with Crippen LogP contribution in [0.4, 0.5) is 5.69 Å². The van der Waals surface area contributed by atoms with Crippen LogP contribution < -0.4 is 11.1 Å². The molecule has 0 saturated heterocycles. The van der Waals surface area contributed by atoms with E-state index in [-0.39, 0.29) is 11.8 Å². The molecule has 1 atom stereocenters. The Hall–Kier alpha value is -1.35. The van der Waals surface area contributed by atoms with E-state index >= 15 is 0 Å². The predicted molar refractivity (Wildman–Crippen MR) is 85.8 cm³/mol. The zero-order chi connectivity index (χ0) is 15.1. The number of hydrogen-bond acceptors (Lipinski definition) is 2. The van der Waals surface area contributed by atoms with Crippen LogP contribution in [0.1, 0.15) is 52.0 Å². The number of nitrogens with one attached hydrogen (secondary N) is 1. The molecule has 1 aromatic carbocycles. The van der Waals surface area contributed by atoms with E-state index in [1.165, 1.54) is 5.56 Å². The van der Waals surface area contributed by atoms with Gasteiger partial charge < -0.3 is 11.1 Å². The summed E-state index contributed by atoms with van der Waals surface area (Å²) in [6.07, 6.45) is 1.50. The molecule has 0 aromatic heterocycles. The van der Waals surface area contributed by atoms with Crippen LogP contribution in [0.5, 0.6) is 0 Å². The first-order chi connectivity index (χ1) is 9.42. The fourth-order valence-corrected chi connectivity index (χ4v) is 2.36. The second kappa shape index (κ2) is 8.05. The molecule has 0 bridgehead atoms. The number of anilines is 1. The zero-order valence-corrected chi connectivity index (χ0v) is 13.1. The lowest BCUT2D eigenvalue weighted by Crippen LogP contribution is -2.23. The molecule has 3 N–H and O–H groups in total. The minimum Gasteiger partial charge on any atom is -0.330 e. The molecule has 0 fully saturated rings. The first-order valence-electron chi connectivity index (χ1n) is 7.52. The highest BCUT2D eigenvalue weighted by Gasteiger charge is 2.14. The first-order valence-corrected chi connectivity index (χ1v) is 7.52. The van der Waals surface area contributed by atoms with Crippen LogP contribution in [0.15, 0.2) is 24.3 Å². The molecule has 0 saturated carbocycles. The second-order valence-corrected chi connectivity index (χ2v) is 6.26. The predicted octanol–water partition coefficient (Wildman–Crippen LogP) is 3.76.